The van der Waals surface area contributed by atoms with Crippen LogP contribution in [0.3, 0.4) is 0 Å². The summed E-state index contributed by atoms with van der Waals surface area (Å²) in [5.41, 5.74) is 6.03. The van der Waals surface area contributed by atoms with Crippen molar-refractivity contribution in [3.63, 3.8) is 0 Å². The van der Waals surface area contributed by atoms with E-state index in [0.29, 0.717) is 5.41 Å². The van der Waals surface area contributed by atoms with Crippen molar-refractivity contribution in [2.45, 2.75) is 46.1 Å². The van der Waals surface area contributed by atoms with E-state index in [1.54, 1.807) is 0 Å². The number of benzene rings is 1. The summed E-state index contributed by atoms with van der Waals surface area (Å²) < 4.78 is 15.6. The third-order valence-electron chi connectivity index (χ3n) is 6.26. The van der Waals surface area contributed by atoms with Gasteiger partial charge in [0.2, 0.25) is 0 Å². The van der Waals surface area contributed by atoms with E-state index in [0.717, 1.165) is 45.5 Å². The number of aryl methyl sites for hydroxylation is 1. The number of hydrogen-bond donors (Lipinski definition) is 0. The van der Waals surface area contributed by atoms with Crippen LogP contribution in [0.25, 0.3) is 33.3 Å². The molecular formula is C25H25FN4. The first kappa shape index (κ1) is 18.9. The maximum absolute atomic E-state index is 13.5. The Bertz CT molecular complexity index is 1220. The maximum Gasteiger partial charge on any atom is 0.142 e. The molecule has 0 radical (unpaired) electrons. The topological polar surface area (TPSA) is 43.6 Å². The summed E-state index contributed by atoms with van der Waals surface area (Å²) >= 11 is 0. The fraction of sp³-hybridized carbons (Fsp3) is 0.320. The second-order valence-corrected chi connectivity index (χ2v) is 8.85. The SMILES string of the molecule is Cc1ccc(-c2cnn(CC3(C)CCCC3)c2)c(-c2ccc3cc(F)cnc3c2)n1. The normalized spacial score (nSPS) is 15.7. The number of nitrogens with zero attached hydrogens (tertiary/aromatic N) is 4. The molecule has 0 N–H and O–H groups in total. The molecule has 4 nitrogen and oxygen atoms in total. The molecule has 0 aliphatic heterocycles. The molecule has 1 saturated carbocycles. The average molecular weight is 401 g/mol. The number of rotatable bonds is 4. The summed E-state index contributed by atoms with van der Waals surface area (Å²) in [6, 6.07) is 11.5. The predicted octanol–water partition coefficient (Wildman–Crippen LogP) is 6.19. The van der Waals surface area contributed by atoms with Gasteiger partial charge in [-0.2, -0.15) is 5.10 Å². The van der Waals surface area contributed by atoms with E-state index in [2.05, 4.69) is 34.0 Å². The lowest BCUT2D eigenvalue weighted by Gasteiger charge is -2.22. The quantitative estimate of drug-likeness (QED) is 0.410. The van der Waals surface area contributed by atoms with Crippen molar-refractivity contribution in [3.8, 4) is 22.4 Å². The van der Waals surface area contributed by atoms with Crippen LogP contribution in [-0.2, 0) is 6.54 Å². The van der Waals surface area contributed by atoms with Gasteiger partial charge >= 0.3 is 0 Å². The third-order valence-corrected chi connectivity index (χ3v) is 6.26. The summed E-state index contributed by atoms with van der Waals surface area (Å²) in [6.07, 6.45) is 10.5. The molecule has 0 amide bonds. The molecule has 0 saturated heterocycles. The summed E-state index contributed by atoms with van der Waals surface area (Å²) in [7, 11) is 0. The molecule has 4 aromatic rings. The highest BCUT2D eigenvalue weighted by atomic mass is 19.1. The minimum absolute atomic E-state index is 0.326. The van der Waals surface area contributed by atoms with Crippen molar-refractivity contribution in [1.82, 2.24) is 19.7 Å². The van der Waals surface area contributed by atoms with E-state index in [4.69, 9.17) is 4.98 Å². The molecule has 1 aliphatic rings. The van der Waals surface area contributed by atoms with Crippen LogP contribution >= 0.6 is 0 Å². The van der Waals surface area contributed by atoms with Gasteiger partial charge in [0.1, 0.15) is 5.82 Å². The highest BCUT2D eigenvalue weighted by Crippen LogP contribution is 2.39. The van der Waals surface area contributed by atoms with Gasteiger partial charge in [-0.25, -0.2) is 4.39 Å². The number of fused-ring (bicyclic) bond motifs is 1. The van der Waals surface area contributed by atoms with Crippen molar-refractivity contribution in [2.24, 2.45) is 5.41 Å². The van der Waals surface area contributed by atoms with Gasteiger partial charge in [-0.3, -0.25) is 14.6 Å². The molecule has 5 heteroatoms. The zero-order valence-corrected chi connectivity index (χ0v) is 17.4. The van der Waals surface area contributed by atoms with Gasteiger partial charge < -0.3 is 0 Å². The predicted molar refractivity (Wildman–Crippen MR) is 117 cm³/mol. The van der Waals surface area contributed by atoms with E-state index >= 15 is 0 Å². The molecular weight excluding hydrogens is 375 g/mol. The van der Waals surface area contributed by atoms with E-state index in [1.807, 2.05) is 37.4 Å². The number of halogens is 1. The fourth-order valence-electron chi connectivity index (χ4n) is 4.62. The zero-order chi connectivity index (χ0) is 20.7. The summed E-state index contributed by atoms with van der Waals surface area (Å²) in [6.45, 7) is 5.31. The molecule has 1 aliphatic carbocycles. The lowest BCUT2D eigenvalue weighted by molar-refractivity contribution is 0.268. The minimum Gasteiger partial charge on any atom is -0.272 e. The van der Waals surface area contributed by atoms with Crippen molar-refractivity contribution in [1.29, 1.82) is 0 Å². The first-order chi connectivity index (χ1) is 14.5. The molecule has 0 spiro atoms. The van der Waals surface area contributed by atoms with Gasteiger partial charge in [-0.05, 0) is 43.4 Å². The molecule has 0 bridgehead atoms. The smallest absolute Gasteiger partial charge is 0.142 e. The van der Waals surface area contributed by atoms with E-state index in [9.17, 15) is 4.39 Å². The second kappa shape index (κ2) is 7.31. The Hall–Kier alpha value is -3.08. The van der Waals surface area contributed by atoms with Crippen molar-refractivity contribution in [2.75, 3.05) is 0 Å². The van der Waals surface area contributed by atoms with Gasteiger partial charge in [0.15, 0.2) is 0 Å². The van der Waals surface area contributed by atoms with Crippen molar-refractivity contribution in [3.05, 3.63) is 66.5 Å². The van der Waals surface area contributed by atoms with Crippen LogP contribution in [0.15, 0.2) is 55.0 Å². The van der Waals surface area contributed by atoms with Crippen LogP contribution < -0.4 is 0 Å². The van der Waals surface area contributed by atoms with Crippen LogP contribution in [0, 0.1) is 18.2 Å². The second-order valence-electron chi connectivity index (χ2n) is 8.85. The van der Waals surface area contributed by atoms with E-state index in [1.165, 1.54) is 37.9 Å². The van der Waals surface area contributed by atoms with Crippen molar-refractivity contribution < 1.29 is 4.39 Å². The Morgan fingerprint density at radius 1 is 1.03 bits per heavy atom. The highest BCUT2D eigenvalue weighted by molar-refractivity contribution is 5.87. The minimum atomic E-state index is -0.326. The number of hydrogen-bond acceptors (Lipinski definition) is 3. The van der Waals surface area contributed by atoms with Gasteiger partial charge in [0.25, 0.3) is 0 Å². The van der Waals surface area contributed by atoms with Gasteiger partial charge in [0, 0.05) is 40.5 Å². The molecule has 152 valence electrons. The van der Waals surface area contributed by atoms with Crippen LogP contribution in [0.2, 0.25) is 0 Å². The Morgan fingerprint density at radius 3 is 2.70 bits per heavy atom. The monoisotopic (exact) mass is 400 g/mol. The largest absolute Gasteiger partial charge is 0.272 e. The Labute approximate surface area is 175 Å². The van der Waals surface area contributed by atoms with E-state index in [-0.39, 0.29) is 5.82 Å². The highest BCUT2D eigenvalue weighted by Gasteiger charge is 2.29. The van der Waals surface area contributed by atoms with E-state index < -0.39 is 0 Å². The van der Waals surface area contributed by atoms with Crippen LogP contribution in [0.5, 0.6) is 0 Å². The van der Waals surface area contributed by atoms with Crippen LogP contribution in [0.1, 0.15) is 38.3 Å². The maximum atomic E-state index is 13.5. The molecule has 30 heavy (non-hydrogen) atoms. The number of aromatic nitrogens is 4. The molecule has 3 aromatic heterocycles. The molecule has 3 heterocycles. The summed E-state index contributed by atoms with van der Waals surface area (Å²) in [5.74, 6) is -0.326. The van der Waals surface area contributed by atoms with Crippen LogP contribution in [-0.4, -0.2) is 19.7 Å². The Kier molecular flexibility index (Phi) is 4.61. The number of pyridine rings is 2. The molecule has 5 rings (SSSR count). The fourth-order valence-corrected chi connectivity index (χ4v) is 4.62. The summed E-state index contributed by atoms with van der Waals surface area (Å²) in [5, 5.41) is 5.44. The zero-order valence-electron chi connectivity index (χ0n) is 17.4. The van der Waals surface area contributed by atoms with Gasteiger partial charge in [0.05, 0.1) is 23.6 Å². The Morgan fingerprint density at radius 2 is 1.87 bits per heavy atom. The lowest BCUT2D eigenvalue weighted by atomic mass is 9.89. The molecule has 1 fully saturated rings. The Balaban J connectivity index is 1.54. The van der Waals surface area contributed by atoms with Crippen molar-refractivity contribution >= 4 is 10.9 Å². The van der Waals surface area contributed by atoms with Gasteiger partial charge in [-0.15, -0.1) is 0 Å². The summed E-state index contributed by atoms with van der Waals surface area (Å²) in [4.78, 5) is 9.07. The standard InChI is InChI=1S/C25H25FN4/c1-17-5-8-22(20-13-28-30(15-20)16-25(2)9-3-4-10-25)24(29-17)19-7-6-18-11-21(26)14-27-23(18)12-19/h5-8,11-15H,3-4,9-10,16H2,1-2H3. The molecule has 1 aromatic carbocycles. The third kappa shape index (κ3) is 3.60. The van der Waals surface area contributed by atoms with Gasteiger partial charge in [-0.1, -0.05) is 38.0 Å². The molecule has 0 atom stereocenters. The first-order valence-corrected chi connectivity index (χ1v) is 10.6. The average Bonchev–Trinajstić information content (AvgIpc) is 3.37. The first-order valence-electron chi connectivity index (χ1n) is 10.6. The lowest BCUT2D eigenvalue weighted by Crippen LogP contribution is -2.19. The molecule has 0 unspecified atom stereocenters. The van der Waals surface area contributed by atoms with Crippen LogP contribution in [0.4, 0.5) is 4.39 Å².